The quantitative estimate of drug-likeness (QED) is 0.0436. The highest BCUT2D eigenvalue weighted by atomic mass is 35.5. The molecule has 0 aromatic heterocycles. The summed E-state index contributed by atoms with van der Waals surface area (Å²) in [4.78, 5) is 130. The number of hydroxylamine groups is 6. The van der Waals surface area contributed by atoms with Crippen LogP contribution in [0.2, 0.25) is 0 Å². The normalized spacial score (nSPS) is 13.6. The summed E-state index contributed by atoms with van der Waals surface area (Å²) in [5.41, 5.74) is 6.52. The van der Waals surface area contributed by atoms with Crippen LogP contribution in [0.5, 0.6) is 0 Å². The first-order chi connectivity index (χ1) is 45.2. The highest BCUT2D eigenvalue weighted by Crippen LogP contribution is 2.44. The van der Waals surface area contributed by atoms with Gasteiger partial charge in [0.25, 0.3) is 35.4 Å². The zero-order valence-electron chi connectivity index (χ0n) is 50.8. The first kappa shape index (κ1) is 69.9. The van der Waals surface area contributed by atoms with Crippen LogP contribution in [-0.2, 0) is 64.0 Å². The summed E-state index contributed by atoms with van der Waals surface area (Å²) in [5.74, 6) is -5.41. The van der Waals surface area contributed by atoms with Gasteiger partial charge in [0, 0.05) is 50.9 Å². The van der Waals surface area contributed by atoms with Gasteiger partial charge in [-0.05, 0) is 105 Å². The molecule has 0 saturated carbocycles. The van der Waals surface area contributed by atoms with E-state index < -0.39 is 69.2 Å². The molecule has 0 bridgehead atoms. The Labute approximate surface area is 558 Å². The molecule has 9 aromatic rings. The molecule has 0 spiro atoms. The average molecular weight is 1320 g/mol. The van der Waals surface area contributed by atoms with Gasteiger partial charge in [-0.25, -0.2) is 14.4 Å². The van der Waals surface area contributed by atoms with E-state index in [1.165, 1.54) is 19.1 Å². The van der Waals surface area contributed by atoms with Gasteiger partial charge in [0.2, 0.25) is 5.24 Å². The van der Waals surface area contributed by atoms with E-state index in [9.17, 15) is 53.1 Å². The van der Waals surface area contributed by atoms with E-state index in [-0.39, 0.29) is 67.9 Å². The van der Waals surface area contributed by atoms with Crippen molar-refractivity contribution in [2.75, 3.05) is 0 Å². The number of carbonyl (C=O) groups is 10. The first-order valence-corrected chi connectivity index (χ1v) is 30.5. The number of hydrogen-bond donors (Lipinski definition) is 1. The molecule has 0 aliphatic carbocycles. The van der Waals surface area contributed by atoms with Crippen LogP contribution in [0.3, 0.4) is 0 Å². The second-order valence-electron chi connectivity index (χ2n) is 21.8. The molecular weight excluding hydrogens is 1250 g/mol. The maximum Gasteiger partial charge on any atom is 0.363 e. The smallest absolute Gasteiger partial charge is 0.363 e. The summed E-state index contributed by atoms with van der Waals surface area (Å²) in [6.45, 7) is 3.44. The molecule has 3 fully saturated rings. The fraction of sp³-hybridized carbons (Fsp3) is 0.158. The molecule has 0 radical (unpaired) electrons. The molecule has 0 unspecified atom stereocenters. The molecule has 482 valence electrons. The van der Waals surface area contributed by atoms with Crippen LogP contribution in [0, 0.1) is 0 Å². The summed E-state index contributed by atoms with van der Waals surface area (Å²) >= 11 is 11.8. The zero-order chi connectivity index (χ0) is 67.0. The fourth-order valence-electron chi connectivity index (χ4n) is 10.7. The van der Waals surface area contributed by atoms with Crippen molar-refractivity contribution in [1.29, 1.82) is 0 Å². The Morgan fingerprint density at radius 2 is 0.516 bits per heavy atom. The highest BCUT2D eigenvalue weighted by Gasteiger charge is 2.39. The van der Waals surface area contributed by atoms with E-state index in [4.69, 9.17) is 26.1 Å². The molecule has 19 heteroatoms. The van der Waals surface area contributed by atoms with Gasteiger partial charge in [-0.15, -0.1) is 26.8 Å². The van der Waals surface area contributed by atoms with Crippen LogP contribution in [0.25, 0.3) is 0 Å². The average Bonchev–Trinajstić information content (AvgIpc) is 1.52. The molecule has 3 heterocycles. The highest BCUT2D eigenvalue weighted by molar-refractivity contribution is 6.62. The van der Waals surface area contributed by atoms with Crippen molar-refractivity contribution < 1.29 is 67.6 Å². The van der Waals surface area contributed by atoms with Gasteiger partial charge >= 0.3 is 17.9 Å². The van der Waals surface area contributed by atoms with Gasteiger partial charge in [-0.2, -0.15) is 0 Å². The summed E-state index contributed by atoms with van der Waals surface area (Å²) in [5, 5.41) is 13.0. The van der Waals surface area contributed by atoms with Crippen molar-refractivity contribution in [3.8, 4) is 0 Å². The van der Waals surface area contributed by atoms with Crippen molar-refractivity contribution >= 4 is 81.8 Å². The van der Waals surface area contributed by atoms with Gasteiger partial charge in [-0.1, -0.05) is 226 Å². The Morgan fingerprint density at radius 3 is 0.768 bits per heavy atom. The Morgan fingerprint density at radius 1 is 0.337 bits per heavy atom. The molecule has 3 aliphatic rings. The molecule has 3 saturated heterocycles. The van der Waals surface area contributed by atoms with Gasteiger partial charge in [0.05, 0.1) is 16.7 Å². The summed E-state index contributed by atoms with van der Waals surface area (Å²) in [7, 11) is 0. The van der Waals surface area contributed by atoms with E-state index in [2.05, 4.69) is 42.8 Å². The molecular formula is C76H65Cl2N3O14. The van der Waals surface area contributed by atoms with Gasteiger partial charge in [0.1, 0.15) is 10.5 Å². The number of hydrogen-bond acceptors (Lipinski definition) is 14. The fourth-order valence-corrected chi connectivity index (χ4v) is 11.1. The van der Waals surface area contributed by atoms with Crippen molar-refractivity contribution in [2.45, 2.75) is 75.7 Å². The minimum Gasteiger partial charge on any atom is -0.376 e. The second kappa shape index (κ2) is 31.6. The van der Waals surface area contributed by atoms with Crippen LogP contribution >= 0.6 is 23.2 Å². The molecule has 95 heavy (non-hydrogen) atoms. The van der Waals surface area contributed by atoms with Gasteiger partial charge < -0.3 is 19.6 Å². The van der Waals surface area contributed by atoms with Crippen molar-refractivity contribution in [3.63, 3.8) is 0 Å². The largest absolute Gasteiger partial charge is 0.376 e. The number of halogens is 2. The lowest BCUT2D eigenvalue weighted by Gasteiger charge is -2.32. The second-order valence-corrected chi connectivity index (χ2v) is 22.9. The molecule has 3 aliphatic heterocycles. The Kier molecular flexibility index (Phi) is 23.2. The zero-order valence-corrected chi connectivity index (χ0v) is 52.4. The minimum absolute atomic E-state index is 0. The SMILES string of the molecule is C.CC(=O)Cl.CC(c1ccccc1)(c1ccccc1)c1ccc(C(=O)ON2C(=O)CCC2=O)cc1.O=C(ON1C(=O)CCC1=O)c1ccc(C(Cl)(c2ccccc2)c2ccccc2)cc1.O=C(ON1C(=O)CCC1=O)c1ccc(C(O)(c2ccccc2)c2ccccc2)cc1. The number of nitrogens with zero attached hydrogens (tertiary/aromatic N) is 3. The third kappa shape index (κ3) is 16.1. The predicted octanol–water partition coefficient (Wildman–Crippen LogP) is 13.3. The van der Waals surface area contributed by atoms with Gasteiger partial charge in [0.15, 0.2) is 0 Å². The Balaban J connectivity index is 0.000000176. The van der Waals surface area contributed by atoms with E-state index in [0.29, 0.717) is 31.9 Å². The van der Waals surface area contributed by atoms with Crippen molar-refractivity contribution in [3.05, 3.63) is 322 Å². The predicted molar refractivity (Wildman–Crippen MR) is 354 cm³/mol. The molecule has 9 aromatic carbocycles. The molecule has 12 rings (SSSR count). The lowest BCUT2D eigenvalue weighted by molar-refractivity contribution is -0.173. The van der Waals surface area contributed by atoms with Crippen LogP contribution in [-0.4, -0.2) is 78.9 Å². The third-order valence-corrected chi connectivity index (χ3v) is 16.4. The maximum atomic E-state index is 12.4. The number of amides is 6. The molecule has 1 N–H and O–H groups in total. The minimum atomic E-state index is -1.42. The van der Waals surface area contributed by atoms with E-state index in [0.717, 1.165) is 33.4 Å². The third-order valence-electron chi connectivity index (χ3n) is 15.7. The number of carbonyl (C=O) groups excluding carboxylic acids is 10. The summed E-state index contributed by atoms with van der Waals surface area (Å²) < 4.78 is 0. The first-order valence-electron chi connectivity index (χ1n) is 29.7. The Bertz CT molecular complexity index is 3610. The maximum absolute atomic E-state index is 12.4. The molecule has 17 nitrogen and oxygen atoms in total. The van der Waals surface area contributed by atoms with Gasteiger partial charge in [-0.3, -0.25) is 33.6 Å². The molecule has 6 amide bonds. The lowest BCUT2D eigenvalue weighted by Crippen LogP contribution is -2.32. The number of imide groups is 3. The van der Waals surface area contributed by atoms with E-state index in [1.54, 1.807) is 48.5 Å². The van der Waals surface area contributed by atoms with Crippen LogP contribution in [0.15, 0.2) is 255 Å². The monoisotopic (exact) mass is 1310 g/mol. The van der Waals surface area contributed by atoms with Crippen molar-refractivity contribution in [1.82, 2.24) is 15.2 Å². The van der Waals surface area contributed by atoms with Crippen molar-refractivity contribution in [2.24, 2.45) is 0 Å². The number of alkyl halides is 1. The lowest BCUT2D eigenvalue weighted by atomic mass is 9.71. The van der Waals surface area contributed by atoms with E-state index >= 15 is 0 Å². The van der Waals surface area contributed by atoms with E-state index in [1.807, 2.05) is 170 Å². The van der Waals surface area contributed by atoms with Crippen LogP contribution < -0.4 is 0 Å². The topological polar surface area (TPSA) is 228 Å². The number of rotatable bonds is 15. The summed E-state index contributed by atoms with van der Waals surface area (Å²) in [6, 6.07) is 78.1. The summed E-state index contributed by atoms with van der Waals surface area (Å²) in [6.07, 6.45) is 0.301. The Hall–Kier alpha value is -11.0. The molecule has 0 atom stereocenters. The van der Waals surface area contributed by atoms with Crippen LogP contribution in [0.1, 0.15) is 141 Å². The number of aliphatic hydroxyl groups is 1. The van der Waals surface area contributed by atoms with Crippen LogP contribution in [0.4, 0.5) is 0 Å². The standard InChI is InChI=1S/C25H21NO4.C24H18ClNO4.C24H19NO5.C2H3ClO.CH4/c1-25(19-8-4-2-5-9-19,20-10-6-3-7-11-20)21-14-12-18(13-15-21)24(29)30-26-22(27)16-17-23(26)28;25-24(18-7-3-1-4-8-18,19-9-5-2-6-10-19)20-13-11-17(12-14-20)23(29)30-26-21(27)15-16-22(26)28;26-21-15-16-22(27)25(21)30-23(28)17-11-13-20(14-12-17)24(29,18-7-3-1-4-8-18)19-9-5-2-6-10-19;1-2(3)4;/h2-15H,16-17H2,1H3;1-14H,15-16H2;1-14,29H,15-16H2;1H3;1H4. The number of benzene rings is 9.